The zero-order valence-electron chi connectivity index (χ0n) is 10.8. The van der Waals surface area contributed by atoms with Gasteiger partial charge in [-0.3, -0.25) is 0 Å². The second kappa shape index (κ2) is 6.66. The molecule has 0 heterocycles. The van der Waals surface area contributed by atoms with Crippen LogP contribution in [-0.4, -0.2) is 7.05 Å². The van der Waals surface area contributed by atoms with Crippen molar-refractivity contribution in [3.8, 4) is 0 Å². The number of benzene rings is 2. The van der Waals surface area contributed by atoms with Crippen LogP contribution in [0, 0.1) is 11.6 Å². The van der Waals surface area contributed by atoms with E-state index in [1.54, 1.807) is 31.3 Å². The molecule has 106 valence electrons. The van der Waals surface area contributed by atoms with Crippen molar-refractivity contribution in [3.63, 3.8) is 0 Å². The molecule has 0 fully saturated rings. The third-order valence-corrected chi connectivity index (χ3v) is 3.89. The van der Waals surface area contributed by atoms with Gasteiger partial charge in [-0.05, 0) is 43.3 Å². The maximum absolute atomic E-state index is 14.0. The van der Waals surface area contributed by atoms with E-state index in [4.69, 9.17) is 11.6 Å². The lowest BCUT2D eigenvalue weighted by molar-refractivity contribution is 0.533. The smallest absolute Gasteiger partial charge is 0.141 e. The van der Waals surface area contributed by atoms with E-state index in [0.29, 0.717) is 16.5 Å². The molecule has 1 N–H and O–H groups in total. The molecular weight excluding hydrogens is 348 g/mol. The van der Waals surface area contributed by atoms with E-state index in [2.05, 4.69) is 21.2 Å². The van der Waals surface area contributed by atoms with Gasteiger partial charge < -0.3 is 5.32 Å². The van der Waals surface area contributed by atoms with Gasteiger partial charge in [0.15, 0.2) is 0 Å². The molecule has 0 aliphatic carbocycles. The Labute approximate surface area is 130 Å². The van der Waals surface area contributed by atoms with Gasteiger partial charge in [0.1, 0.15) is 11.6 Å². The molecule has 0 aromatic heterocycles. The summed E-state index contributed by atoms with van der Waals surface area (Å²) in [5.74, 6) is -0.738. The maximum Gasteiger partial charge on any atom is 0.141 e. The minimum atomic E-state index is -0.453. The molecular formula is C15H13BrClF2N. The molecule has 0 spiro atoms. The van der Waals surface area contributed by atoms with E-state index >= 15 is 0 Å². The standard InChI is InChI=1S/C15H13BrClF2N/c1-20-15(11-4-3-10(16)8-14(11)19)7-9-2-5-13(18)12(17)6-9/h2-6,8,15,20H,7H2,1H3. The molecule has 2 rings (SSSR count). The minimum Gasteiger partial charge on any atom is -0.313 e. The zero-order valence-corrected chi connectivity index (χ0v) is 13.1. The first-order chi connectivity index (χ1) is 9.51. The molecule has 1 nitrogen and oxygen atoms in total. The van der Waals surface area contributed by atoms with Crippen LogP contribution in [0.3, 0.4) is 0 Å². The molecule has 20 heavy (non-hydrogen) atoms. The van der Waals surface area contributed by atoms with Crippen molar-refractivity contribution in [1.29, 1.82) is 0 Å². The number of hydrogen-bond acceptors (Lipinski definition) is 1. The molecule has 0 aliphatic rings. The predicted molar refractivity (Wildman–Crippen MR) is 81.0 cm³/mol. The van der Waals surface area contributed by atoms with Gasteiger partial charge in [0.25, 0.3) is 0 Å². The Bertz CT molecular complexity index is 619. The summed E-state index contributed by atoms with van der Waals surface area (Å²) in [5, 5.41) is 3.15. The van der Waals surface area contributed by atoms with Gasteiger partial charge in [-0.25, -0.2) is 8.78 Å². The highest BCUT2D eigenvalue weighted by Gasteiger charge is 2.15. The Morgan fingerprint density at radius 1 is 1.15 bits per heavy atom. The minimum absolute atomic E-state index is 0.0774. The fourth-order valence-electron chi connectivity index (χ4n) is 2.05. The van der Waals surface area contributed by atoms with Crippen molar-refractivity contribution in [3.05, 3.63) is 68.7 Å². The molecule has 1 atom stereocenters. The first kappa shape index (κ1) is 15.4. The van der Waals surface area contributed by atoms with Crippen molar-refractivity contribution in [2.45, 2.75) is 12.5 Å². The van der Waals surface area contributed by atoms with Crippen LogP contribution in [0.15, 0.2) is 40.9 Å². The van der Waals surface area contributed by atoms with Crippen molar-refractivity contribution in [2.75, 3.05) is 7.05 Å². The molecule has 2 aromatic rings. The highest BCUT2D eigenvalue weighted by atomic mass is 79.9. The second-order valence-electron chi connectivity index (χ2n) is 4.46. The van der Waals surface area contributed by atoms with Gasteiger partial charge in [0.05, 0.1) is 5.02 Å². The van der Waals surface area contributed by atoms with Crippen molar-refractivity contribution < 1.29 is 8.78 Å². The zero-order chi connectivity index (χ0) is 14.7. The lowest BCUT2D eigenvalue weighted by atomic mass is 9.98. The molecule has 0 saturated carbocycles. The molecule has 0 bridgehead atoms. The van der Waals surface area contributed by atoms with Crippen LogP contribution < -0.4 is 5.32 Å². The summed E-state index contributed by atoms with van der Waals surface area (Å²) in [4.78, 5) is 0. The topological polar surface area (TPSA) is 12.0 Å². The van der Waals surface area contributed by atoms with Crippen LogP contribution in [0.5, 0.6) is 0 Å². The summed E-state index contributed by atoms with van der Waals surface area (Å²) in [6.07, 6.45) is 0.523. The largest absolute Gasteiger partial charge is 0.313 e. The molecule has 5 heteroatoms. The third kappa shape index (κ3) is 3.57. The number of halogens is 4. The monoisotopic (exact) mass is 359 g/mol. The number of rotatable bonds is 4. The van der Waals surface area contributed by atoms with Gasteiger partial charge in [-0.1, -0.05) is 39.7 Å². The Morgan fingerprint density at radius 2 is 1.90 bits per heavy atom. The van der Waals surface area contributed by atoms with Gasteiger partial charge in [-0.15, -0.1) is 0 Å². The van der Waals surface area contributed by atoms with Crippen LogP contribution in [-0.2, 0) is 6.42 Å². The lowest BCUT2D eigenvalue weighted by Crippen LogP contribution is -2.20. The first-order valence-electron chi connectivity index (χ1n) is 6.07. The Kier molecular flexibility index (Phi) is 5.13. The van der Waals surface area contributed by atoms with Crippen molar-refractivity contribution >= 4 is 27.5 Å². The summed E-state index contributed by atoms with van der Waals surface area (Å²) >= 11 is 8.99. The van der Waals surface area contributed by atoms with Gasteiger partial charge in [-0.2, -0.15) is 0 Å². The summed E-state index contributed by atoms with van der Waals surface area (Å²) in [6, 6.07) is 9.29. The molecule has 0 aliphatic heterocycles. The normalized spacial score (nSPS) is 12.4. The second-order valence-corrected chi connectivity index (χ2v) is 5.78. The molecule has 1 unspecified atom stereocenters. The molecule has 0 amide bonds. The van der Waals surface area contributed by atoms with E-state index in [9.17, 15) is 8.78 Å². The molecule has 0 saturated heterocycles. The van der Waals surface area contributed by atoms with Crippen molar-refractivity contribution in [2.24, 2.45) is 0 Å². The van der Waals surface area contributed by atoms with E-state index in [0.717, 1.165) is 5.56 Å². The highest BCUT2D eigenvalue weighted by molar-refractivity contribution is 9.10. The molecule has 2 aromatic carbocycles. The fraction of sp³-hybridized carbons (Fsp3) is 0.200. The van der Waals surface area contributed by atoms with Crippen LogP contribution in [0.2, 0.25) is 5.02 Å². The Hall–Kier alpha value is -0.970. The van der Waals surface area contributed by atoms with Gasteiger partial charge in [0, 0.05) is 16.1 Å². The summed E-state index contributed by atoms with van der Waals surface area (Å²) in [5.41, 5.74) is 1.41. The quantitative estimate of drug-likeness (QED) is 0.819. The van der Waals surface area contributed by atoms with Gasteiger partial charge >= 0.3 is 0 Å². The summed E-state index contributed by atoms with van der Waals surface area (Å²) in [7, 11) is 1.76. The van der Waals surface area contributed by atoms with E-state index < -0.39 is 5.82 Å². The Morgan fingerprint density at radius 3 is 2.50 bits per heavy atom. The Balaban J connectivity index is 2.26. The summed E-state index contributed by atoms with van der Waals surface area (Å²) < 4.78 is 27.8. The average Bonchev–Trinajstić information content (AvgIpc) is 2.41. The van der Waals surface area contributed by atoms with Crippen LogP contribution >= 0.6 is 27.5 Å². The summed E-state index contributed by atoms with van der Waals surface area (Å²) in [6.45, 7) is 0. The lowest BCUT2D eigenvalue weighted by Gasteiger charge is -2.18. The SMILES string of the molecule is CNC(Cc1ccc(F)c(Cl)c1)c1ccc(Br)cc1F. The van der Waals surface area contributed by atoms with Crippen LogP contribution in [0.25, 0.3) is 0 Å². The fourth-order valence-corrected chi connectivity index (χ4v) is 2.59. The third-order valence-electron chi connectivity index (χ3n) is 3.11. The number of nitrogens with one attached hydrogen (secondary N) is 1. The van der Waals surface area contributed by atoms with E-state index in [1.165, 1.54) is 12.1 Å². The van der Waals surface area contributed by atoms with Crippen LogP contribution in [0.4, 0.5) is 8.78 Å². The number of likely N-dealkylation sites (N-methyl/N-ethyl adjacent to an activating group) is 1. The average molecular weight is 361 g/mol. The van der Waals surface area contributed by atoms with Crippen LogP contribution in [0.1, 0.15) is 17.2 Å². The van der Waals surface area contributed by atoms with E-state index in [-0.39, 0.29) is 16.9 Å². The highest BCUT2D eigenvalue weighted by Crippen LogP contribution is 2.25. The predicted octanol–water partition coefficient (Wildman–Crippen LogP) is 4.88. The maximum atomic E-state index is 14.0. The number of hydrogen-bond donors (Lipinski definition) is 1. The van der Waals surface area contributed by atoms with Gasteiger partial charge in [0.2, 0.25) is 0 Å². The first-order valence-corrected chi connectivity index (χ1v) is 7.24. The molecule has 0 radical (unpaired) electrons. The van der Waals surface area contributed by atoms with Crippen molar-refractivity contribution in [1.82, 2.24) is 5.32 Å². The van der Waals surface area contributed by atoms with E-state index in [1.807, 2.05) is 0 Å².